The zero-order chi connectivity index (χ0) is 10.3. The molecular weight excluding hydrogens is 186 g/mol. The van der Waals surface area contributed by atoms with E-state index in [1.807, 2.05) is 19.1 Å². The third-order valence-electron chi connectivity index (χ3n) is 1.51. The maximum absolute atomic E-state index is 10.5. The van der Waals surface area contributed by atoms with Crippen LogP contribution < -0.4 is 5.73 Å². The second-order valence-corrected chi connectivity index (χ2v) is 3.10. The number of rotatable bonds is 5. The first-order valence-corrected chi connectivity index (χ1v) is 4.40. The molecule has 2 N–H and O–H groups in total. The first kappa shape index (κ1) is 12.0. The van der Waals surface area contributed by atoms with Gasteiger partial charge in [0.1, 0.15) is 0 Å². The number of nitrogens with two attached hydrogens (primary N) is 1. The molecule has 0 aliphatic heterocycles. The molecule has 13 heavy (non-hydrogen) atoms. The van der Waals surface area contributed by atoms with Gasteiger partial charge in [-0.15, -0.1) is 0 Å². The van der Waals surface area contributed by atoms with Crippen molar-refractivity contribution in [2.45, 2.75) is 19.8 Å². The van der Waals surface area contributed by atoms with Gasteiger partial charge in [-0.2, -0.15) is 0 Å². The van der Waals surface area contributed by atoms with E-state index in [1.54, 1.807) is 6.08 Å². The van der Waals surface area contributed by atoms with Crippen molar-refractivity contribution in [2.24, 2.45) is 5.73 Å². The van der Waals surface area contributed by atoms with E-state index >= 15 is 0 Å². The van der Waals surface area contributed by atoms with Crippen molar-refractivity contribution in [2.75, 3.05) is 0 Å². The number of carbonyl (C=O) groups excluding carboxylic acids is 1. The number of allylic oxidation sites excluding steroid dienone is 5. The molecule has 2 nitrogen and oxygen atoms in total. The molecule has 0 radical (unpaired) electrons. The first-order valence-electron chi connectivity index (χ1n) is 4.02. The van der Waals surface area contributed by atoms with Gasteiger partial charge in [0.25, 0.3) is 0 Å². The number of amides is 1. The lowest BCUT2D eigenvalue weighted by molar-refractivity contribution is -0.117. The second kappa shape index (κ2) is 6.49. The Morgan fingerprint density at radius 1 is 1.46 bits per heavy atom. The second-order valence-electron chi connectivity index (χ2n) is 2.61. The first-order chi connectivity index (χ1) is 6.06. The highest BCUT2D eigenvalue weighted by molar-refractivity contribution is 6.30. The predicted octanol–water partition coefficient (Wildman–Crippen LogP) is 2.51. The minimum atomic E-state index is -0.294. The number of hydrogen-bond donors (Lipinski definition) is 1. The Labute approximate surface area is 83.8 Å². The average Bonchev–Trinajstić information content (AvgIpc) is 2.04. The Balaban J connectivity index is 4.06. The van der Waals surface area contributed by atoms with Crippen molar-refractivity contribution < 1.29 is 4.79 Å². The Kier molecular flexibility index (Phi) is 5.98. The lowest BCUT2D eigenvalue weighted by Crippen LogP contribution is -2.09. The summed E-state index contributed by atoms with van der Waals surface area (Å²) in [7, 11) is 0. The summed E-state index contributed by atoms with van der Waals surface area (Å²) in [5.41, 5.74) is 6.05. The number of carbonyl (C=O) groups is 1. The Hall–Kier alpha value is -1.02. The van der Waals surface area contributed by atoms with E-state index in [1.165, 1.54) is 0 Å². The molecular formula is C10H14ClNO. The van der Waals surface area contributed by atoms with Gasteiger partial charge in [0.05, 0.1) is 0 Å². The fraction of sp³-hybridized carbons (Fsp3) is 0.300. The zero-order valence-corrected chi connectivity index (χ0v) is 8.47. The van der Waals surface area contributed by atoms with Crippen LogP contribution in [0, 0.1) is 0 Å². The normalized spacial score (nSPS) is 12.0. The zero-order valence-electron chi connectivity index (χ0n) is 7.72. The number of halogens is 1. The van der Waals surface area contributed by atoms with Crippen molar-refractivity contribution in [3.05, 3.63) is 35.4 Å². The molecule has 0 saturated heterocycles. The van der Waals surface area contributed by atoms with Crippen molar-refractivity contribution in [1.82, 2.24) is 0 Å². The molecule has 0 bridgehead atoms. The van der Waals surface area contributed by atoms with Gasteiger partial charge in [0, 0.05) is 11.5 Å². The number of hydrogen-bond acceptors (Lipinski definition) is 1. The molecule has 1 amide bonds. The SMILES string of the molecule is C=C(Cl)/C=C\C(=C/C)CCC(N)=O. The van der Waals surface area contributed by atoms with Crippen molar-refractivity contribution >= 4 is 17.5 Å². The molecule has 0 aromatic heterocycles. The Morgan fingerprint density at radius 2 is 2.08 bits per heavy atom. The molecule has 0 spiro atoms. The molecule has 0 aromatic rings. The van der Waals surface area contributed by atoms with Gasteiger partial charge < -0.3 is 5.73 Å². The fourth-order valence-corrected chi connectivity index (χ4v) is 0.852. The molecule has 0 saturated carbocycles. The van der Waals surface area contributed by atoms with Crippen molar-refractivity contribution in [3.63, 3.8) is 0 Å². The number of primary amides is 1. The summed E-state index contributed by atoms with van der Waals surface area (Å²) in [4.78, 5) is 10.5. The maximum atomic E-state index is 10.5. The Bertz CT molecular complexity index is 254. The van der Waals surface area contributed by atoms with Crippen LogP contribution in [0.5, 0.6) is 0 Å². The van der Waals surface area contributed by atoms with E-state index in [2.05, 4.69) is 6.58 Å². The van der Waals surface area contributed by atoms with Crippen LogP contribution in [0.2, 0.25) is 0 Å². The van der Waals surface area contributed by atoms with Crippen LogP contribution in [-0.2, 0) is 4.79 Å². The van der Waals surface area contributed by atoms with Crippen molar-refractivity contribution in [3.8, 4) is 0 Å². The molecule has 0 heterocycles. The molecule has 0 aliphatic rings. The molecule has 0 fully saturated rings. The van der Waals surface area contributed by atoms with Gasteiger partial charge in [-0.1, -0.05) is 35.9 Å². The predicted molar refractivity (Wildman–Crippen MR) is 56.3 cm³/mol. The van der Waals surface area contributed by atoms with E-state index < -0.39 is 0 Å². The summed E-state index contributed by atoms with van der Waals surface area (Å²) in [6.07, 6.45) is 6.45. The van der Waals surface area contributed by atoms with Crippen LogP contribution in [-0.4, -0.2) is 5.91 Å². The van der Waals surface area contributed by atoms with E-state index in [0.29, 0.717) is 17.9 Å². The average molecular weight is 200 g/mol. The van der Waals surface area contributed by atoms with Crippen molar-refractivity contribution in [1.29, 1.82) is 0 Å². The van der Waals surface area contributed by atoms with E-state index in [0.717, 1.165) is 5.57 Å². The van der Waals surface area contributed by atoms with E-state index in [-0.39, 0.29) is 5.91 Å². The summed E-state index contributed by atoms with van der Waals surface area (Å²) < 4.78 is 0. The third-order valence-corrected chi connectivity index (χ3v) is 1.64. The smallest absolute Gasteiger partial charge is 0.217 e. The summed E-state index contributed by atoms with van der Waals surface area (Å²) >= 11 is 5.54. The molecule has 0 unspecified atom stereocenters. The lowest BCUT2D eigenvalue weighted by atomic mass is 10.1. The fourth-order valence-electron chi connectivity index (χ4n) is 0.789. The van der Waals surface area contributed by atoms with E-state index in [4.69, 9.17) is 17.3 Å². The summed E-state index contributed by atoms with van der Waals surface area (Å²) in [5.74, 6) is -0.294. The minimum Gasteiger partial charge on any atom is -0.370 e. The monoisotopic (exact) mass is 199 g/mol. The highest BCUT2D eigenvalue weighted by atomic mass is 35.5. The van der Waals surface area contributed by atoms with Gasteiger partial charge in [-0.25, -0.2) is 0 Å². The van der Waals surface area contributed by atoms with Gasteiger partial charge in [0.2, 0.25) is 5.91 Å². The summed E-state index contributed by atoms with van der Waals surface area (Å²) in [6, 6.07) is 0. The maximum Gasteiger partial charge on any atom is 0.217 e. The highest BCUT2D eigenvalue weighted by Crippen LogP contribution is 2.09. The third kappa shape index (κ3) is 7.34. The summed E-state index contributed by atoms with van der Waals surface area (Å²) in [5, 5.41) is 0.471. The summed E-state index contributed by atoms with van der Waals surface area (Å²) in [6.45, 7) is 5.42. The molecule has 0 atom stereocenters. The van der Waals surface area contributed by atoms with Crippen LogP contribution in [0.4, 0.5) is 0 Å². The highest BCUT2D eigenvalue weighted by Gasteiger charge is 1.96. The Morgan fingerprint density at radius 3 is 2.46 bits per heavy atom. The lowest BCUT2D eigenvalue weighted by Gasteiger charge is -1.97. The standard InChI is InChI=1S/C10H14ClNO/c1-3-9(5-4-8(2)11)6-7-10(12)13/h3-5H,2,6-7H2,1H3,(H2,12,13)/b5-4-,9-3+. The quantitative estimate of drug-likeness (QED) is 0.680. The van der Waals surface area contributed by atoms with Crippen LogP contribution in [0.15, 0.2) is 35.4 Å². The van der Waals surface area contributed by atoms with Crippen LogP contribution in [0.25, 0.3) is 0 Å². The minimum absolute atomic E-state index is 0.294. The molecule has 3 heteroatoms. The van der Waals surface area contributed by atoms with Gasteiger partial charge in [-0.05, 0) is 19.4 Å². The molecule has 72 valence electrons. The van der Waals surface area contributed by atoms with Gasteiger partial charge in [0.15, 0.2) is 0 Å². The largest absolute Gasteiger partial charge is 0.370 e. The molecule has 0 aliphatic carbocycles. The van der Waals surface area contributed by atoms with Crippen LogP contribution in [0.1, 0.15) is 19.8 Å². The van der Waals surface area contributed by atoms with Crippen LogP contribution in [0.3, 0.4) is 0 Å². The molecule has 0 aromatic carbocycles. The van der Waals surface area contributed by atoms with Crippen LogP contribution >= 0.6 is 11.6 Å². The van der Waals surface area contributed by atoms with E-state index in [9.17, 15) is 4.79 Å². The molecule has 0 rings (SSSR count). The van der Waals surface area contributed by atoms with Gasteiger partial charge in [-0.3, -0.25) is 4.79 Å². The topological polar surface area (TPSA) is 43.1 Å². The van der Waals surface area contributed by atoms with Gasteiger partial charge >= 0.3 is 0 Å².